The Hall–Kier alpha value is -0.550. The van der Waals surface area contributed by atoms with Crippen LogP contribution in [0.2, 0.25) is 0 Å². The molecule has 0 aromatic heterocycles. The highest BCUT2D eigenvalue weighted by Crippen LogP contribution is 2.27. The summed E-state index contributed by atoms with van der Waals surface area (Å²) < 4.78 is 0. The topological polar surface area (TPSA) is 35.8 Å². The van der Waals surface area contributed by atoms with Gasteiger partial charge in [0.05, 0.1) is 6.07 Å². The zero-order chi connectivity index (χ0) is 8.74. The first-order valence-electron chi connectivity index (χ1n) is 4.43. The third-order valence-electron chi connectivity index (χ3n) is 2.15. The van der Waals surface area contributed by atoms with Crippen LogP contribution in [0.3, 0.4) is 0 Å². The predicted octanol–water partition coefficient (Wildman–Crippen LogP) is 2.07. The van der Waals surface area contributed by atoms with Crippen LogP contribution in [0, 0.1) is 11.3 Å². The van der Waals surface area contributed by atoms with E-state index >= 15 is 0 Å². The van der Waals surface area contributed by atoms with Gasteiger partial charge in [-0.25, -0.2) is 0 Å². The molecule has 1 aliphatic rings. The minimum absolute atomic E-state index is 0.167. The number of hydrogen-bond donors (Lipinski definition) is 1. The van der Waals surface area contributed by atoms with Crippen molar-refractivity contribution in [3.63, 3.8) is 0 Å². The van der Waals surface area contributed by atoms with E-state index in [0.29, 0.717) is 0 Å². The number of rotatable bonds is 1. The summed E-state index contributed by atoms with van der Waals surface area (Å²) in [5.74, 6) is 0. The molecular formula is C9H18N2. The lowest BCUT2D eigenvalue weighted by Gasteiger charge is -2.17. The second-order valence-electron chi connectivity index (χ2n) is 2.65. The maximum atomic E-state index is 8.70. The Labute approximate surface area is 69.6 Å². The molecule has 0 aromatic rings. The zero-order valence-electron chi connectivity index (χ0n) is 7.78. The molecule has 1 aliphatic carbocycles. The fourth-order valence-corrected chi connectivity index (χ4v) is 1.40. The van der Waals surface area contributed by atoms with Crippen molar-refractivity contribution < 1.29 is 0 Å². The summed E-state index contributed by atoms with van der Waals surface area (Å²) in [5, 5.41) is 11.8. The smallest absolute Gasteiger partial charge is 0.106 e. The summed E-state index contributed by atoms with van der Waals surface area (Å²) in [7, 11) is 1.87. The molecule has 2 heteroatoms. The molecule has 0 heterocycles. The van der Waals surface area contributed by atoms with Crippen molar-refractivity contribution >= 4 is 0 Å². The lowest BCUT2D eigenvalue weighted by molar-refractivity contribution is 0.463. The largest absolute Gasteiger partial charge is 0.302 e. The predicted molar refractivity (Wildman–Crippen MR) is 47.2 cm³/mol. The summed E-state index contributed by atoms with van der Waals surface area (Å²) in [6.07, 6.45) is 4.46. The first-order chi connectivity index (χ1) is 5.33. The molecule has 0 radical (unpaired) electrons. The summed E-state index contributed by atoms with van der Waals surface area (Å²) in [5.41, 5.74) is -0.167. The summed E-state index contributed by atoms with van der Waals surface area (Å²) in [6, 6.07) is 2.32. The lowest BCUT2D eigenvalue weighted by atomic mass is 10.0. The van der Waals surface area contributed by atoms with Gasteiger partial charge in [0.25, 0.3) is 0 Å². The SMILES string of the molecule is CC.CNC1(C#N)CCCC1. The van der Waals surface area contributed by atoms with E-state index in [2.05, 4.69) is 11.4 Å². The molecule has 1 fully saturated rings. The third kappa shape index (κ3) is 2.51. The average molecular weight is 154 g/mol. The fraction of sp³-hybridized carbons (Fsp3) is 0.889. The highest BCUT2D eigenvalue weighted by Gasteiger charge is 2.31. The van der Waals surface area contributed by atoms with E-state index in [1.165, 1.54) is 12.8 Å². The number of nitrogens with one attached hydrogen (secondary N) is 1. The van der Waals surface area contributed by atoms with Crippen LogP contribution in [0.5, 0.6) is 0 Å². The van der Waals surface area contributed by atoms with E-state index in [9.17, 15) is 0 Å². The molecule has 0 spiro atoms. The van der Waals surface area contributed by atoms with E-state index in [0.717, 1.165) is 12.8 Å². The van der Waals surface area contributed by atoms with Crippen LogP contribution < -0.4 is 5.32 Å². The molecule has 0 atom stereocenters. The summed E-state index contributed by atoms with van der Waals surface area (Å²) in [4.78, 5) is 0. The molecule has 1 saturated carbocycles. The second kappa shape index (κ2) is 5.15. The summed E-state index contributed by atoms with van der Waals surface area (Å²) >= 11 is 0. The van der Waals surface area contributed by atoms with Crippen LogP contribution in [-0.4, -0.2) is 12.6 Å². The maximum Gasteiger partial charge on any atom is 0.106 e. The Morgan fingerprint density at radius 1 is 1.27 bits per heavy atom. The molecule has 0 unspecified atom stereocenters. The Kier molecular flexibility index (Phi) is 4.89. The van der Waals surface area contributed by atoms with Gasteiger partial charge in [0.1, 0.15) is 5.54 Å². The minimum Gasteiger partial charge on any atom is -0.302 e. The average Bonchev–Trinajstić information content (AvgIpc) is 2.57. The van der Waals surface area contributed by atoms with Gasteiger partial charge in [-0.1, -0.05) is 26.7 Å². The van der Waals surface area contributed by atoms with Crippen LogP contribution in [0.1, 0.15) is 39.5 Å². The molecule has 64 valence electrons. The molecule has 0 amide bonds. The minimum atomic E-state index is -0.167. The molecule has 11 heavy (non-hydrogen) atoms. The molecule has 0 saturated heterocycles. The number of nitrogens with zero attached hydrogens (tertiary/aromatic N) is 1. The van der Waals surface area contributed by atoms with Crippen molar-refractivity contribution in [1.82, 2.24) is 5.32 Å². The monoisotopic (exact) mass is 154 g/mol. The Morgan fingerprint density at radius 2 is 1.73 bits per heavy atom. The fourth-order valence-electron chi connectivity index (χ4n) is 1.40. The molecule has 0 aromatic carbocycles. The zero-order valence-corrected chi connectivity index (χ0v) is 7.78. The van der Waals surface area contributed by atoms with Gasteiger partial charge in [-0.2, -0.15) is 5.26 Å². The van der Waals surface area contributed by atoms with Gasteiger partial charge in [-0.15, -0.1) is 0 Å². The second-order valence-corrected chi connectivity index (χ2v) is 2.65. The highest BCUT2D eigenvalue weighted by atomic mass is 14.9. The van der Waals surface area contributed by atoms with E-state index in [1.54, 1.807) is 0 Å². The van der Waals surface area contributed by atoms with Gasteiger partial charge in [0.2, 0.25) is 0 Å². The van der Waals surface area contributed by atoms with Gasteiger partial charge in [-0.3, -0.25) is 0 Å². The highest BCUT2D eigenvalue weighted by molar-refractivity contribution is 5.08. The van der Waals surface area contributed by atoms with Gasteiger partial charge >= 0.3 is 0 Å². The quantitative estimate of drug-likeness (QED) is 0.627. The van der Waals surface area contributed by atoms with Crippen molar-refractivity contribution in [2.75, 3.05) is 7.05 Å². The number of hydrogen-bond acceptors (Lipinski definition) is 2. The van der Waals surface area contributed by atoms with Crippen LogP contribution in [0.25, 0.3) is 0 Å². The Bertz CT molecular complexity index is 129. The van der Waals surface area contributed by atoms with Gasteiger partial charge in [-0.05, 0) is 19.9 Å². The summed E-state index contributed by atoms with van der Waals surface area (Å²) in [6.45, 7) is 4.00. The van der Waals surface area contributed by atoms with Crippen LogP contribution in [-0.2, 0) is 0 Å². The van der Waals surface area contributed by atoms with E-state index in [1.807, 2.05) is 20.9 Å². The van der Waals surface area contributed by atoms with Gasteiger partial charge in [0.15, 0.2) is 0 Å². The van der Waals surface area contributed by atoms with Crippen LogP contribution in [0.15, 0.2) is 0 Å². The van der Waals surface area contributed by atoms with Crippen LogP contribution in [0.4, 0.5) is 0 Å². The Morgan fingerprint density at radius 3 is 1.91 bits per heavy atom. The standard InChI is InChI=1S/C7H12N2.C2H6/c1-9-7(6-8)4-2-3-5-7;1-2/h9H,2-5H2,1H3;1-2H3. The number of nitriles is 1. The molecule has 0 bridgehead atoms. The Balaban J connectivity index is 0.000000461. The normalized spacial score (nSPS) is 19.8. The molecule has 2 nitrogen and oxygen atoms in total. The van der Waals surface area contributed by atoms with E-state index in [4.69, 9.17) is 5.26 Å². The van der Waals surface area contributed by atoms with Crippen molar-refractivity contribution in [1.29, 1.82) is 5.26 Å². The van der Waals surface area contributed by atoms with Gasteiger partial charge in [0, 0.05) is 0 Å². The maximum absolute atomic E-state index is 8.70. The lowest BCUT2D eigenvalue weighted by Crippen LogP contribution is -2.37. The van der Waals surface area contributed by atoms with E-state index in [-0.39, 0.29) is 5.54 Å². The first kappa shape index (κ1) is 10.4. The van der Waals surface area contributed by atoms with Crippen molar-refractivity contribution in [3.8, 4) is 6.07 Å². The molecule has 1 rings (SSSR count). The van der Waals surface area contributed by atoms with Crippen molar-refractivity contribution in [3.05, 3.63) is 0 Å². The molecule has 1 N–H and O–H groups in total. The molecular weight excluding hydrogens is 136 g/mol. The van der Waals surface area contributed by atoms with Gasteiger partial charge < -0.3 is 5.32 Å². The van der Waals surface area contributed by atoms with Crippen LogP contribution >= 0.6 is 0 Å². The third-order valence-corrected chi connectivity index (χ3v) is 2.15. The first-order valence-corrected chi connectivity index (χ1v) is 4.43. The van der Waals surface area contributed by atoms with E-state index < -0.39 is 0 Å². The molecule has 0 aliphatic heterocycles. The van der Waals surface area contributed by atoms with Crippen molar-refractivity contribution in [2.45, 2.75) is 45.1 Å². The van der Waals surface area contributed by atoms with Crippen molar-refractivity contribution in [2.24, 2.45) is 0 Å².